The Balaban J connectivity index is 2.47. The summed E-state index contributed by atoms with van der Waals surface area (Å²) in [6.07, 6.45) is 1.37. The van der Waals surface area contributed by atoms with Gasteiger partial charge in [-0.2, -0.15) is 0 Å². The van der Waals surface area contributed by atoms with Crippen LogP contribution in [0.1, 0.15) is 13.8 Å². The summed E-state index contributed by atoms with van der Waals surface area (Å²) in [5.41, 5.74) is -0.616. The first-order valence-electron chi connectivity index (χ1n) is 5.83. The molecule has 8 heteroatoms. The molecule has 0 fully saturated rings. The Morgan fingerprint density at radius 2 is 2.16 bits per heavy atom. The molecule has 0 saturated heterocycles. The van der Waals surface area contributed by atoms with Gasteiger partial charge in [-0.05, 0) is 13.8 Å². The number of nitrogens with zero attached hydrogens (tertiary/aromatic N) is 3. The first-order chi connectivity index (χ1) is 8.90. The lowest BCUT2D eigenvalue weighted by atomic mass is 10.4. The van der Waals surface area contributed by atoms with Crippen molar-refractivity contribution in [3.05, 3.63) is 27.2 Å². The van der Waals surface area contributed by atoms with E-state index in [1.807, 2.05) is 13.8 Å². The van der Waals surface area contributed by atoms with Gasteiger partial charge in [0.1, 0.15) is 6.54 Å². The quantitative estimate of drug-likeness (QED) is 0.739. The van der Waals surface area contributed by atoms with Gasteiger partial charge >= 0.3 is 5.69 Å². The van der Waals surface area contributed by atoms with E-state index in [1.54, 1.807) is 0 Å². The van der Waals surface area contributed by atoms with Gasteiger partial charge in [0.15, 0.2) is 11.2 Å². The van der Waals surface area contributed by atoms with Crippen LogP contribution >= 0.6 is 0 Å². The molecule has 0 aromatic carbocycles. The van der Waals surface area contributed by atoms with Crippen LogP contribution in [0.15, 0.2) is 15.9 Å². The van der Waals surface area contributed by atoms with E-state index in [1.165, 1.54) is 22.5 Å². The van der Waals surface area contributed by atoms with E-state index >= 15 is 0 Å². The zero-order chi connectivity index (χ0) is 14.2. The van der Waals surface area contributed by atoms with Gasteiger partial charge in [0.05, 0.1) is 6.33 Å². The van der Waals surface area contributed by atoms with Crippen LogP contribution in [0.3, 0.4) is 0 Å². The van der Waals surface area contributed by atoms with Gasteiger partial charge in [-0.15, -0.1) is 0 Å². The van der Waals surface area contributed by atoms with Crippen LogP contribution in [0.4, 0.5) is 0 Å². The molecule has 0 radical (unpaired) electrons. The molecule has 0 aliphatic carbocycles. The molecular formula is C11H15N5O3. The highest BCUT2D eigenvalue weighted by Gasteiger charge is 2.13. The third-order valence-electron chi connectivity index (χ3n) is 2.64. The number of carbonyl (C=O) groups excluding carboxylic acids is 1. The molecule has 2 aromatic rings. The minimum atomic E-state index is -0.548. The van der Waals surface area contributed by atoms with E-state index in [9.17, 15) is 14.4 Å². The predicted octanol–water partition coefficient (Wildman–Crippen LogP) is -1.05. The molecule has 2 N–H and O–H groups in total. The van der Waals surface area contributed by atoms with Gasteiger partial charge in [0, 0.05) is 13.1 Å². The highest BCUT2D eigenvalue weighted by atomic mass is 16.2. The van der Waals surface area contributed by atoms with Crippen molar-refractivity contribution in [1.82, 2.24) is 24.4 Å². The van der Waals surface area contributed by atoms with Crippen LogP contribution in [0.2, 0.25) is 0 Å². The van der Waals surface area contributed by atoms with E-state index in [0.717, 1.165) is 0 Å². The Labute approximate surface area is 108 Å². The molecule has 2 rings (SSSR count). The molecule has 19 heavy (non-hydrogen) atoms. The molecule has 0 saturated carbocycles. The molecule has 0 bridgehead atoms. The maximum Gasteiger partial charge on any atom is 0.329 e. The van der Waals surface area contributed by atoms with Crippen molar-refractivity contribution in [3.8, 4) is 0 Å². The smallest absolute Gasteiger partial charge is 0.329 e. The first kappa shape index (κ1) is 13.1. The van der Waals surface area contributed by atoms with Gasteiger partial charge in [-0.1, -0.05) is 0 Å². The number of amides is 1. The lowest BCUT2D eigenvalue weighted by Crippen LogP contribution is -2.34. The normalized spacial score (nSPS) is 11.2. The fourth-order valence-corrected chi connectivity index (χ4v) is 1.83. The minimum Gasteiger partial charge on any atom is -0.352 e. The first-order valence-corrected chi connectivity index (χ1v) is 5.83. The number of carbonyl (C=O) groups is 1. The molecule has 102 valence electrons. The van der Waals surface area contributed by atoms with Crippen molar-refractivity contribution < 1.29 is 4.79 Å². The highest BCUT2D eigenvalue weighted by Crippen LogP contribution is 2.04. The Morgan fingerprint density at radius 3 is 2.79 bits per heavy atom. The summed E-state index contributed by atoms with van der Waals surface area (Å²) < 4.78 is 2.65. The predicted molar refractivity (Wildman–Crippen MR) is 68.9 cm³/mol. The zero-order valence-electron chi connectivity index (χ0n) is 10.9. The maximum absolute atomic E-state index is 11.8. The fraction of sp³-hybridized carbons (Fsp3) is 0.455. The van der Waals surface area contributed by atoms with Crippen LogP contribution in [-0.2, 0) is 18.4 Å². The van der Waals surface area contributed by atoms with Crippen LogP contribution in [0.5, 0.6) is 0 Å². The summed E-state index contributed by atoms with van der Waals surface area (Å²) in [4.78, 5) is 41.1. The second-order valence-electron chi connectivity index (χ2n) is 4.59. The van der Waals surface area contributed by atoms with Gasteiger partial charge < -0.3 is 9.88 Å². The van der Waals surface area contributed by atoms with Crippen molar-refractivity contribution in [2.24, 2.45) is 7.05 Å². The molecule has 8 nitrogen and oxygen atoms in total. The van der Waals surface area contributed by atoms with Gasteiger partial charge in [-0.25, -0.2) is 9.78 Å². The zero-order valence-corrected chi connectivity index (χ0v) is 10.9. The van der Waals surface area contributed by atoms with E-state index in [-0.39, 0.29) is 29.7 Å². The molecule has 0 unspecified atom stereocenters. The molecule has 0 spiro atoms. The topological polar surface area (TPSA) is 102 Å². The summed E-state index contributed by atoms with van der Waals surface area (Å²) in [5.74, 6) is -0.220. The summed E-state index contributed by atoms with van der Waals surface area (Å²) >= 11 is 0. The van der Waals surface area contributed by atoms with Crippen molar-refractivity contribution >= 4 is 17.1 Å². The lowest BCUT2D eigenvalue weighted by Gasteiger charge is -2.09. The number of fused-ring (bicyclic) bond motifs is 1. The number of aromatic nitrogens is 4. The van der Waals surface area contributed by atoms with Crippen molar-refractivity contribution in [1.29, 1.82) is 0 Å². The number of hydrogen-bond donors (Lipinski definition) is 2. The Hall–Kier alpha value is -2.38. The van der Waals surface area contributed by atoms with E-state index in [2.05, 4.69) is 15.3 Å². The van der Waals surface area contributed by atoms with Crippen LogP contribution in [0.25, 0.3) is 11.2 Å². The number of nitrogens with one attached hydrogen (secondary N) is 2. The average Bonchev–Trinajstić information content (AvgIpc) is 2.69. The second kappa shape index (κ2) is 4.71. The average molecular weight is 265 g/mol. The molecule has 0 aliphatic heterocycles. The standard InChI is InChI=1S/C11H15N5O3/c1-6(2)13-7(17)4-16-5-12-9-8(16)10(18)14-11(19)15(9)3/h5-6H,4H2,1-3H3,(H,13,17)(H,14,18,19). The number of rotatable bonds is 3. The second-order valence-corrected chi connectivity index (χ2v) is 4.59. The highest BCUT2D eigenvalue weighted by molar-refractivity contribution is 5.78. The number of imidazole rings is 1. The van der Waals surface area contributed by atoms with Gasteiger partial charge in [-0.3, -0.25) is 19.1 Å². The monoisotopic (exact) mass is 265 g/mol. The van der Waals surface area contributed by atoms with E-state index in [4.69, 9.17) is 0 Å². The fourth-order valence-electron chi connectivity index (χ4n) is 1.83. The minimum absolute atomic E-state index is 0.0179. The SMILES string of the molecule is CC(C)NC(=O)Cn1cnc2c1c(=O)[nH]c(=O)n2C. The molecule has 2 aromatic heterocycles. The molecular weight excluding hydrogens is 250 g/mol. The number of H-pyrrole nitrogens is 1. The lowest BCUT2D eigenvalue weighted by molar-refractivity contribution is -0.122. The molecule has 0 aliphatic rings. The third kappa shape index (κ3) is 2.42. The largest absolute Gasteiger partial charge is 0.352 e. The van der Waals surface area contributed by atoms with Crippen molar-refractivity contribution in [3.63, 3.8) is 0 Å². The van der Waals surface area contributed by atoms with Crippen molar-refractivity contribution in [2.75, 3.05) is 0 Å². The Bertz CT molecular complexity index is 737. The summed E-state index contributed by atoms with van der Waals surface area (Å²) in [6.45, 7) is 3.68. The summed E-state index contributed by atoms with van der Waals surface area (Å²) in [7, 11) is 1.51. The molecule has 0 atom stereocenters. The summed E-state index contributed by atoms with van der Waals surface area (Å²) in [5, 5.41) is 2.72. The van der Waals surface area contributed by atoms with Crippen LogP contribution < -0.4 is 16.6 Å². The summed E-state index contributed by atoms with van der Waals surface area (Å²) in [6, 6.07) is 0.0184. The van der Waals surface area contributed by atoms with E-state index in [0.29, 0.717) is 0 Å². The maximum atomic E-state index is 11.8. The Kier molecular flexibility index (Phi) is 3.24. The van der Waals surface area contributed by atoms with Gasteiger partial charge in [0.2, 0.25) is 5.91 Å². The van der Waals surface area contributed by atoms with E-state index < -0.39 is 11.2 Å². The van der Waals surface area contributed by atoms with Crippen LogP contribution in [-0.4, -0.2) is 31.1 Å². The number of aryl methyl sites for hydroxylation is 1. The van der Waals surface area contributed by atoms with Crippen molar-refractivity contribution in [2.45, 2.75) is 26.4 Å². The van der Waals surface area contributed by atoms with Gasteiger partial charge in [0.25, 0.3) is 5.56 Å². The van der Waals surface area contributed by atoms with Crippen LogP contribution in [0, 0.1) is 0 Å². The number of hydrogen-bond acceptors (Lipinski definition) is 4. The molecule has 2 heterocycles. The Morgan fingerprint density at radius 1 is 1.47 bits per heavy atom. The third-order valence-corrected chi connectivity index (χ3v) is 2.64. The molecule has 1 amide bonds. The number of aromatic amines is 1.